The maximum atomic E-state index is 11.3. The molecule has 1 aromatic carbocycles. The number of carbonyl (C=O) groups is 1. The maximum absolute atomic E-state index is 11.3. The van der Waals surface area contributed by atoms with Crippen molar-refractivity contribution >= 4 is 34.6 Å². The Morgan fingerprint density at radius 3 is 2.89 bits per heavy atom. The highest BCUT2D eigenvalue weighted by Crippen LogP contribution is 2.34. The molecule has 0 bridgehead atoms. The second kappa shape index (κ2) is 5.27. The van der Waals surface area contributed by atoms with Gasteiger partial charge in [-0.1, -0.05) is 18.2 Å². The molecule has 1 amide bonds. The number of nitro groups is 1. The van der Waals surface area contributed by atoms with E-state index < -0.39 is 4.92 Å². The summed E-state index contributed by atoms with van der Waals surface area (Å²) >= 11 is 5.64. The van der Waals surface area contributed by atoms with E-state index in [0.29, 0.717) is 29.2 Å². The van der Waals surface area contributed by atoms with Gasteiger partial charge in [-0.25, -0.2) is 0 Å². The Balaban J connectivity index is 2.38. The number of nitrogens with zero attached hydrogens (tertiary/aromatic N) is 1. The molecule has 0 spiro atoms. The molecule has 0 atom stereocenters. The van der Waals surface area contributed by atoms with Crippen LogP contribution in [0.15, 0.2) is 23.7 Å². The van der Waals surface area contributed by atoms with E-state index in [4.69, 9.17) is 11.6 Å². The van der Waals surface area contributed by atoms with Gasteiger partial charge in [-0.3, -0.25) is 14.9 Å². The van der Waals surface area contributed by atoms with Crippen LogP contribution in [-0.4, -0.2) is 17.4 Å². The third-order valence-electron chi connectivity index (χ3n) is 2.78. The molecule has 0 aliphatic carbocycles. The number of aryl methyl sites for hydroxylation is 1. The molecule has 7 heteroatoms. The Hall–Kier alpha value is -2.08. The third-order valence-corrected chi connectivity index (χ3v) is 2.92. The molecule has 100 valence electrons. The summed E-state index contributed by atoms with van der Waals surface area (Å²) < 4.78 is 0. The average Bonchev–Trinajstić information content (AvgIpc) is 2.35. The minimum atomic E-state index is -0.500. The fourth-order valence-electron chi connectivity index (χ4n) is 1.90. The van der Waals surface area contributed by atoms with Gasteiger partial charge in [-0.2, -0.15) is 0 Å². The molecule has 2 rings (SSSR count). The van der Waals surface area contributed by atoms with Crippen molar-refractivity contribution in [1.29, 1.82) is 0 Å². The predicted molar refractivity (Wildman–Crippen MR) is 73.5 cm³/mol. The van der Waals surface area contributed by atoms with Gasteiger partial charge in [0.25, 0.3) is 5.69 Å². The minimum Gasteiger partial charge on any atom is -0.375 e. The van der Waals surface area contributed by atoms with E-state index in [2.05, 4.69) is 17.2 Å². The van der Waals surface area contributed by atoms with Crippen LogP contribution >= 0.6 is 11.6 Å². The number of hydrogen-bond acceptors (Lipinski definition) is 4. The number of amides is 1. The fraction of sp³-hybridized carbons (Fsp3) is 0.250. The standard InChI is InChI=1S/C12H12ClN3O3/c1-7(13)6-14-10-4-8-2-3-12(17)15-9(8)5-11(10)16(18)19/h4-5,14H,1-3,6H2,(H,15,17). The highest BCUT2D eigenvalue weighted by molar-refractivity contribution is 6.29. The molecular formula is C12H12ClN3O3. The van der Waals surface area contributed by atoms with E-state index in [1.165, 1.54) is 6.07 Å². The van der Waals surface area contributed by atoms with Crippen molar-refractivity contribution < 1.29 is 9.72 Å². The first-order valence-electron chi connectivity index (χ1n) is 5.65. The monoisotopic (exact) mass is 281 g/mol. The van der Waals surface area contributed by atoms with Crippen LogP contribution in [0.1, 0.15) is 12.0 Å². The molecule has 0 aromatic heterocycles. The van der Waals surface area contributed by atoms with Gasteiger partial charge in [0.2, 0.25) is 5.91 Å². The number of nitrogens with one attached hydrogen (secondary N) is 2. The predicted octanol–water partition coefficient (Wildman–Crippen LogP) is 2.64. The van der Waals surface area contributed by atoms with Crippen LogP contribution in [0.3, 0.4) is 0 Å². The van der Waals surface area contributed by atoms with Crippen LogP contribution < -0.4 is 10.6 Å². The van der Waals surface area contributed by atoms with E-state index in [1.54, 1.807) is 6.07 Å². The summed E-state index contributed by atoms with van der Waals surface area (Å²) in [7, 11) is 0. The lowest BCUT2D eigenvalue weighted by molar-refractivity contribution is -0.383. The van der Waals surface area contributed by atoms with E-state index in [0.717, 1.165) is 5.56 Å². The average molecular weight is 282 g/mol. The normalized spacial score (nSPS) is 13.4. The van der Waals surface area contributed by atoms with Gasteiger partial charge in [0.05, 0.1) is 17.2 Å². The Labute approximate surface area is 114 Å². The van der Waals surface area contributed by atoms with Crippen molar-refractivity contribution in [3.63, 3.8) is 0 Å². The molecule has 6 nitrogen and oxygen atoms in total. The van der Waals surface area contributed by atoms with Crippen molar-refractivity contribution in [2.75, 3.05) is 17.2 Å². The molecule has 0 saturated carbocycles. The second-order valence-corrected chi connectivity index (χ2v) is 4.74. The topological polar surface area (TPSA) is 84.3 Å². The lowest BCUT2D eigenvalue weighted by atomic mass is 10.0. The molecule has 0 radical (unpaired) electrons. The van der Waals surface area contributed by atoms with Crippen molar-refractivity contribution in [3.8, 4) is 0 Å². The number of rotatable bonds is 4. The molecule has 0 fully saturated rings. The lowest BCUT2D eigenvalue weighted by Gasteiger charge is -2.18. The van der Waals surface area contributed by atoms with Crippen LogP contribution in [-0.2, 0) is 11.2 Å². The van der Waals surface area contributed by atoms with Crippen LogP contribution in [0.2, 0.25) is 0 Å². The molecule has 1 aliphatic heterocycles. The molecule has 19 heavy (non-hydrogen) atoms. The first-order chi connectivity index (χ1) is 8.97. The van der Waals surface area contributed by atoms with Crippen molar-refractivity contribution in [3.05, 3.63) is 39.4 Å². The van der Waals surface area contributed by atoms with Crippen molar-refractivity contribution in [2.45, 2.75) is 12.8 Å². The van der Waals surface area contributed by atoms with Gasteiger partial charge >= 0.3 is 0 Å². The zero-order valence-corrected chi connectivity index (χ0v) is 10.8. The summed E-state index contributed by atoms with van der Waals surface area (Å²) in [6.07, 6.45) is 0.947. The van der Waals surface area contributed by atoms with Crippen LogP contribution in [0.25, 0.3) is 0 Å². The van der Waals surface area contributed by atoms with E-state index in [9.17, 15) is 14.9 Å². The van der Waals surface area contributed by atoms with Gasteiger partial charge in [-0.15, -0.1) is 0 Å². The molecule has 1 heterocycles. The third kappa shape index (κ3) is 3.03. The summed E-state index contributed by atoms with van der Waals surface area (Å²) in [5, 5.41) is 16.9. The Bertz CT molecular complexity index is 572. The quantitative estimate of drug-likeness (QED) is 0.656. The maximum Gasteiger partial charge on any atom is 0.294 e. The van der Waals surface area contributed by atoms with Crippen molar-refractivity contribution in [2.24, 2.45) is 0 Å². The Morgan fingerprint density at radius 2 is 2.26 bits per heavy atom. The number of benzene rings is 1. The molecule has 2 N–H and O–H groups in total. The highest BCUT2D eigenvalue weighted by atomic mass is 35.5. The zero-order valence-electron chi connectivity index (χ0n) is 10.0. The van der Waals surface area contributed by atoms with Gasteiger partial charge < -0.3 is 10.6 Å². The Kier molecular flexibility index (Phi) is 3.71. The summed E-state index contributed by atoms with van der Waals surface area (Å²) in [4.78, 5) is 21.8. The number of carbonyl (C=O) groups excluding carboxylic acids is 1. The number of halogens is 1. The fourth-order valence-corrected chi connectivity index (χ4v) is 1.97. The van der Waals surface area contributed by atoms with Gasteiger partial charge in [-0.05, 0) is 18.1 Å². The second-order valence-electron chi connectivity index (χ2n) is 4.20. The summed E-state index contributed by atoms with van der Waals surface area (Å²) in [5.41, 5.74) is 1.65. The van der Waals surface area contributed by atoms with E-state index in [1.807, 2.05) is 0 Å². The first kappa shape index (κ1) is 13.4. The smallest absolute Gasteiger partial charge is 0.294 e. The summed E-state index contributed by atoms with van der Waals surface area (Å²) in [6.45, 7) is 3.76. The summed E-state index contributed by atoms with van der Waals surface area (Å²) in [5.74, 6) is -0.128. The number of nitro benzene ring substituents is 1. The first-order valence-corrected chi connectivity index (χ1v) is 6.03. The number of fused-ring (bicyclic) bond motifs is 1. The zero-order chi connectivity index (χ0) is 14.0. The van der Waals surface area contributed by atoms with Crippen LogP contribution in [0.5, 0.6) is 0 Å². The number of hydrogen-bond donors (Lipinski definition) is 2. The molecule has 0 unspecified atom stereocenters. The lowest BCUT2D eigenvalue weighted by Crippen LogP contribution is -2.19. The molecular weight excluding hydrogens is 270 g/mol. The summed E-state index contributed by atoms with van der Waals surface area (Å²) in [6, 6.07) is 3.04. The minimum absolute atomic E-state index is 0.0983. The van der Waals surface area contributed by atoms with Crippen LogP contribution in [0.4, 0.5) is 17.1 Å². The largest absolute Gasteiger partial charge is 0.375 e. The highest BCUT2D eigenvalue weighted by Gasteiger charge is 2.22. The van der Waals surface area contributed by atoms with Gasteiger partial charge in [0.1, 0.15) is 5.69 Å². The van der Waals surface area contributed by atoms with Gasteiger partial charge in [0, 0.05) is 17.5 Å². The molecule has 1 aliphatic rings. The Morgan fingerprint density at radius 1 is 1.53 bits per heavy atom. The van der Waals surface area contributed by atoms with E-state index in [-0.39, 0.29) is 18.1 Å². The SMILES string of the molecule is C=C(Cl)CNc1cc2c(cc1[N+](=O)[O-])NC(=O)CC2. The van der Waals surface area contributed by atoms with E-state index >= 15 is 0 Å². The van der Waals surface area contributed by atoms with Crippen molar-refractivity contribution in [1.82, 2.24) is 0 Å². The number of anilines is 2. The van der Waals surface area contributed by atoms with Gasteiger partial charge in [0.15, 0.2) is 0 Å². The van der Waals surface area contributed by atoms with Crippen LogP contribution in [0, 0.1) is 10.1 Å². The molecule has 0 saturated heterocycles. The molecule has 1 aromatic rings.